The highest BCUT2D eigenvalue weighted by molar-refractivity contribution is 7.10. The van der Waals surface area contributed by atoms with E-state index in [0.717, 1.165) is 10.6 Å². The zero-order valence-electron chi connectivity index (χ0n) is 16.4. The summed E-state index contributed by atoms with van der Waals surface area (Å²) in [4.78, 5) is 31.3. The molecule has 0 saturated carbocycles. The Hall–Kier alpha value is -3.29. The highest BCUT2D eigenvalue weighted by Gasteiger charge is 2.25. The van der Waals surface area contributed by atoms with Gasteiger partial charge >= 0.3 is 0 Å². The van der Waals surface area contributed by atoms with Crippen molar-refractivity contribution in [2.75, 3.05) is 0 Å². The van der Waals surface area contributed by atoms with E-state index in [9.17, 15) is 14.7 Å². The molecule has 0 fully saturated rings. The summed E-state index contributed by atoms with van der Waals surface area (Å²) in [5.74, 6) is -0.654. The van der Waals surface area contributed by atoms with Gasteiger partial charge in [-0.1, -0.05) is 24.3 Å². The Kier molecular flexibility index (Phi) is 5.74. The first-order chi connectivity index (χ1) is 14.6. The average Bonchev–Trinajstić information content (AvgIpc) is 3.31. The predicted octanol–water partition coefficient (Wildman–Crippen LogP) is 3.80. The Morgan fingerprint density at radius 2 is 1.97 bits per heavy atom. The van der Waals surface area contributed by atoms with Crippen LogP contribution in [-0.2, 0) is 13.6 Å². The average molecular weight is 420 g/mol. The van der Waals surface area contributed by atoms with Gasteiger partial charge in [-0.05, 0) is 35.7 Å². The fraction of sp³-hybridized carbons (Fsp3) is 0.174. The lowest BCUT2D eigenvalue weighted by Crippen LogP contribution is -2.28. The van der Waals surface area contributed by atoms with Crippen LogP contribution >= 0.6 is 11.3 Å². The van der Waals surface area contributed by atoms with Gasteiger partial charge in [-0.25, -0.2) is 0 Å². The summed E-state index contributed by atoms with van der Waals surface area (Å²) >= 11 is 1.54. The van der Waals surface area contributed by atoms with Crippen LogP contribution in [0.25, 0.3) is 10.9 Å². The lowest BCUT2D eigenvalue weighted by atomic mass is 10.0. The number of benzene rings is 1. The zero-order valence-corrected chi connectivity index (χ0v) is 17.2. The minimum atomic E-state index is -0.495. The number of aromatic nitrogens is 2. The van der Waals surface area contributed by atoms with Crippen LogP contribution in [0.3, 0.4) is 0 Å². The largest absolute Gasteiger partial charge is 0.506 e. The lowest BCUT2D eigenvalue weighted by molar-refractivity contribution is 0.0964. The van der Waals surface area contributed by atoms with Crippen LogP contribution in [0.4, 0.5) is 0 Å². The maximum absolute atomic E-state index is 13.2. The molecular formula is C23H21N3O3S. The molecule has 4 aromatic rings. The van der Waals surface area contributed by atoms with Gasteiger partial charge in [0.05, 0.1) is 11.2 Å². The molecule has 0 aliphatic heterocycles. The third-order valence-electron chi connectivity index (χ3n) is 5.09. The van der Waals surface area contributed by atoms with E-state index in [1.165, 1.54) is 15.9 Å². The van der Waals surface area contributed by atoms with Gasteiger partial charge in [0.2, 0.25) is 0 Å². The molecule has 0 aliphatic rings. The number of fused-ring (bicyclic) bond motifs is 1. The molecule has 0 bridgehead atoms. The topological polar surface area (TPSA) is 84.2 Å². The number of thiophene rings is 1. The van der Waals surface area contributed by atoms with Crippen molar-refractivity contribution in [3.05, 3.63) is 92.7 Å². The molecule has 0 aliphatic carbocycles. The summed E-state index contributed by atoms with van der Waals surface area (Å²) in [7, 11) is 1.61. The minimum Gasteiger partial charge on any atom is -0.506 e. The van der Waals surface area contributed by atoms with Crippen molar-refractivity contribution in [2.45, 2.75) is 19.0 Å². The summed E-state index contributed by atoms with van der Waals surface area (Å²) in [6.07, 6.45) is 1.77. The number of carbonyl (C=O) groups is 1. The summed E-state index contributed by atoms with van der Waals surface area (Å²) in [5, 5.41) is 16.5. The number of para-hydroxylation sites is 1. The third kappa shape index (κ3) is 3.90. The van der Waals surface area contributed by atoms with Crippen molar-refractivity contribution in [3.63, 3.8) is 0 Å². The van der Waals surface area contributed by atoms with Crippen LogP contribution < -0.4 is 10.9 Å². The van der Waals surface area contributed by atoms with E-state index in [1.54, 1.807) is 37.5 Å². The van der Waals surface area contributed by atoms with E-state index in [1.807, 2.05) is 35.7 Å². The molecule has 1 aromatic carbocycles. The van der Waals surface area contributed by atoms with E-state index >= 15 is 0 Å². The van der Waals surface area contributed by atoms with Crippen LogP contribution in [0.5, 0.6) is 5.75 Å². The predicted molar refractivity (Wildman–Crippen MR) is 118 cm³/mol. The molecule has 3 aromatic heterocycles. The van der Waals surface area contributed by atoms with Crippen molar-refractivity contribution in [1.29, 1.82) is 0 Å². The molecule has 2 N–H and O–H groups in total. The lowest BCUT2D eigenvalue weighted by Gasteiger charge is -2.18. The van der Waals surface area contributed by atoms with E-state index < -0.39 is 11.3 Å². The van der Waals surface area contributed by atoms with Gasteiger partial charge in [0, 0.05) is 42.5 Å². The van der Waals surface area contributed by atoms with Gasteiger partial charge in [0.1, 0.15) is 11.3 Å². The second-order valence-corrected chi connectivity index (χ2v) is 7.98. The fourth-order valence-corrected chi connectivity index (χ4v) is 4.31. The molecule has 152 valence electrons. The molecule has 30 heavy (non-hydrogen) atoms. The highest BCUT2D eigenvalue weighted by atomic mass is 32.1. The number of nitrogens with one attached hydrogen (secondary N) is 1. The molecule has 6 nitrogen and oxygen atoms in total. The van der Waals surface area contributed by atoms with Crippen LogP contribution in [0, 0.1) is 0 Å². The van der Waals surface area contributed by atoms with E-state index in [0.29, 0.717) is 17.4 Å². The number of aryl methyl sites for hydroxylation is 1. The molecule has 0 spiro atoms. The van der Waals surface area contributed by atoms with Crippen LogP contribution in [0.2, 0.25) is 0 Å². The molecule has 1 atom stereocenters. The third-order valence-corrected chi connectivity index (χ3v) is 6.07. The maximum Gasteiger partial charge on any atom is 0.265 e. The Labute approximate surface area is 177 Å². The van der Waals surface area contributed by atoms with Gasteiger partial charge in [0.25, 0.3) is 5.56 Å². The molecule has 0 saturated heterocycles. The number of hydrogen-bond acceptors (Lipinski definition) is 6. The maximum atomic E-state index is 13.2. The first-order valence-electron chi connectivity index (χ1n) is 9.57. The number of pyridine rings is 2. The van der Waals surface area contributed by atoms with E-state index in [-0.39, 0.29) is 23.8 Å². The van der Waals surface area contributed by atoms with Crippen LogP contribution in [0.1, 0.15) is 33.4 Å². The minimum absolute atomic E-state index is 0.0501. The number of nitrogens with zero attached hydrogens (tertiary/aromatic N) is 2. The van der Waals surface area contributed by atoms with Gasteiger partial charge in [-0.15, -0.1) is 11.3 Å². The summed E-state index contributed by atoms with van der Waals surface area (Å²) in [6, 6.07) is 16.2. The number of hydrogen-bond donors (Lipinski definition) is 2. The first kappa shape index (κ1) is 20.0. The van der Waals surface area contributed by atoms with Crippen molar-refractivity contribution < 1.29 is 9.90 Å². The molecule has 3 heterocycles. The first-order valence-corrected chi connectivity index (χ1v) is 10.4. The quantitative estimate of drug-likeness (QED) is 0.445. The molecule has 0 amide bonds. The molecule has 4 rings (SSSR count). The second-order valence-electron chi connectivity index (χ2n) is 7.00. The number of carbonyl (C=O) groups excluding carboxylic acids is 1. The fourth-order valence-electron chi connectivity index (χ4n) is 3.51. The number of rotatable bonds is 7. The molecular weight excluding hydrogens is 398 g/mol. The SMILES string of the molecule is Cn1c(=O)c(C(=O)C[C@@H](NCc2ccccn2)c2cccs2)c(O)c2ccccc21. The van der Waals surface area contributed by atoms with Crippen molar-refractivity contribution in [3.8, 4) is 5.75 Å². The Morgan fingerprint density at radius 3 is 2.70 bits per heavy atom. The van der Waals surface area contributed by atoms with Gasteiger partial charge < -0.3 is 15.0 Å². The number of aromatic hydroxyl groups is 1. The van der Waals surface area contributed by atoms with Crippen molar-refractivity contribution >= 4 is 28.0 Å². The van der Waals surface area contributed by atoms with Crippen LogP contribution in [0.15, 0.2) is 71.0 Å². The van der Waals surface area contributed by atoms with Gasteiger partial charge in [-0.3, -0.25) is 14.6 Å². The molecule has 0 unspecified atom stereocenters. The molecule has 0 radical (unpaired) electrons. The Bertz CT molecular complexity index is 1230. The molecule has 7 heteroatoms. The van der Waals surface area contributed by atoms with Gasteiger partial charge in [-0.2, -0.15) is 0 Å². The second kappa shape index (κ2) is 8.61. The van der Waals surface area contributed by atoms with E-state index in [2.05, 4.69) is 10.3 Å². The smallest absolute Gasteiger partial charge is 0.265 e. The van der Waals surface area contributed by atoms with Crippen LogP contribution in [-0.4, -0.2) is 20.4 Å². The van der Waals surface area contributed by atoms with Crippen molar-refractivity contribution in [1.82, 2.24) is 14.9 Å². The monoisotopic (exact) mass is 419 g/mol. The normalized spacial score (nSPS) is 12.2. The standard InChI is InChI=1S/C23H21N3O3S/c1-26-18-9-3-2-8-16(18)22(28)21(23(26)29)19(27)13-17(20-10-6-12-30-20)25-14-15-7-4-5-11-24-15/h2-12,17,25,28H,13-14H2,1H3/t17-/m1/s1. The number of Topliss-reactive ketones (excluding diaryl/α,β-unsaturated/α-hetero) is 1. The van der Waals surface area contributed by atoms with E-state index in [4.69, 9.17) is 0 Å². The zero-order chi connectivity index (χ0) is 21.1. The summed E-state index contributed by atoms with van der Waals surface area (Å²) in [6.45, 7) is 0.485. The summed E-state index contributed by atoms with van der Waals surface area (Å²) in [5.41, 5.74) is 0.777. The summed E-state index contributed by atoms with van der Waals surface area (Å²) < 4.78 is 1.41. The Balaban J connectivity index is 1.65. The van der Waals surface area contributed by atoms with Crippen molar-refractivity contribution in [2.24, 2.45) is 7.05 Å². The Morgan fingerprint density at radius 1 is 1.17 bits per heavy atom. The highest BCUT2D eigenvalue weighted by Crippen LogP contribution is 2.29. The number of ketones is 1. The van der Waals surface area contributed by atoms with Gasteiger partial charge in [0.15, 0.2) is 5.78 Å².